The van der Waals surface area contributed by atoms with E-state index < -0.39 is 0 Å². The van der Waals surface area contributed by atoms with Crippen molar-refractivity contribution in [3.8, 4) is 28.1 Å². The van der Waals surface area contributed by atoms with Crippen LogP contribution in [0.15, 0.2) is 71.7 Å². The minimum absolute atomic E-state index is 0.0704. The Bertz CT molecular complexity index is 1670. The van der Waals surface area contributed by atoms with E-state index in [0.717, 1.165) is 63.3 Å². The van der Waals surface area contributed by atoms with Gasteiger partial charge in [-0.05, 0) is 54.8 Å². The zero-order valence-electron chi connectivity index (χ0n) is 22.6. The van der Waals surface area contributed by atoms with Gasteiger partial charge in [0, 0.05) is 62.0 Å². The monoisotopic (exact) mass is 520 g/mol. The number of hydrogen-bond donors (Lipinski definition) is 0. The molecule has 39 heavy (non-hydrogen) atoms. The number of amides is 1. The average molecular weight is 521 g/mol. The van der Waals surface area contributed by atoms with E-state index in [2.05, 4.69) is 35.3 Å². The molecule has 1 saturated heterocycles. The number of carbonyl (C=O) groups is 1. The van der Waals surface area contributed by atoms with Crippen LogP contribution in [0, 0.1) is 0 Å². The maximum Gasteiger partial charge on any atom is 0.254 e. The number of aryl methyl sites for hydroxylation is 1. The number of rotatable bonds is 6. The van der Waals surface area contributed by atoms with Gasteiger partial charge in [0.1, 0.15) is 12.4 Å². The number of allylic oxidation sites excluding steroid dienone is 1. The second-order valence-electron chi connectivity index (χ2n) is 10.4. The zero-order chi connectivity index (χ0) is 27.1. The molecule has 1 aliphatic carbocycles. The Morgan fingerprint density at radius 3 is 2.74 bits per heavy atom. The summed E-state index contributed by atoms with van der Waals surface area (Å²) in [6.45, 7) is 4.78. The first-order chi connectivity index (χ1) is 18.9. The molecule has 7 nitrogen and oxygen atoms in total. The highest BCUT2D eigenvalue weighted by atomic mass is 16.5. The van der Waals surface area contributed by atoms with Crippen molar-refractivity contribution in [1.82, 2.24) is 19.4 Å². The number of likely N-dealkylation sites (N-methyl/N-ethyl adjacent to an activating group) is 1. The first-order valence-corrected chi connectivity index (χ1v) is 13.4. The van der Waals surface area contributed by atoms with Crippen LogP contribution in [0.2, 0.25) is 0 Å². The third kappa shape index (κ3) is 4.74. The van der Waals surface area contributed by atoms with Crippen molar-refractivity contribution in [3.63, 3.8) is 0 Å². The van der Waals surface area contributed by atoms with E-state index in [4.69, 9.17) is 9.72 Å². The summed E-state index contributed by atoms with van der Waals surface area (Å²) < 4.78 is 7.74. The molecule has 7 heteroatoms. The molecule has 2 aromatic heterocycles. The lowest BCUT2D eigenvalue weighted by Gasteiger charge is -2.37. The molecule has 198 valence electrons. The topological polar surface area (TPSA) is 67.7 Å². The largest absolute Gasteiger partial charge is 0.492 e. The summed E-state index contributed by atoms with van der Waals surface area (Å²) in [7, 11) is 3.67. The number of piperazine rings is 1. The van der Waals surface area contributed by atoms with Crippen molar-refractivity contribution >= 4 is 22.9 Å². The van der Waals surface area contributed by atoms with Gasteiger partial charge in [-0.1, -0.05) is 36.4 Å². The molecule has 0 saturated carbocycles. The number of pyridine rings is 2. The van der Waals surface area contributed by atoms with Crippen molar-refractivity contribution in [3.05, 3.63) is 88.4 Å². The number of fused-ring (bicyclic) bond motifs is 2. The van der Waals surface area contributed by atoms with Crippen LogP contribution in [0.4, 0.5) is 0 Å². The van der Waals surface area contributed by atoms with Gasteiger partial charge >= 0.3 is 0 Å². The van der Waals surface area contributed by atoms with Crippen LogP contribution in [-0.4, -0.2) is 64.6 Å². The van der Waals surface area contributed by atoms with E-state index in [1.807, 2.05) is 63.6 Å². The molecule has 1 fully saturated rings. The van der Waals surface area contributed by atoms with Crippen LogP contribution in [-0.2, 0) is 18.3 Å². The summed E-state index contributed by atoms with van der Waals surface area (Å²) in [6, 6.07) is 18.3. The van der Waals surface area contributed by atoms with Gasteiger partial charge in [0.2, 0.25) is 5.91 Å². The lowest BCUT2D eigenvalue weighted by Crippen LogP contribution is -2.55. The number of carbonyl (C=O) groups excluding carboxylic acids is 1. The Kier molecular flexibility index (Phi) is 6.53. The van der Waals surface area contributed by atoms with E-state index in [9.17, 15) is 9.59 Å². The second-order valence-corrected chi connectivity index (χ2v) is 10.4. The Hall–Kier alpha value is -4.23. The molecule has 6 rings (SSSR count). The highest BCUT2D eigenvalue weighted by Crippen LogP contribution is 2.32. The molecule has 0 unspecified atom stereocenters. The smallest absolute Gasteiger partial charge is 0.254 e. The fourth-order valence-electron chi connectivity index (χ4n) is 5.57. The SMILES string of the molecule is C[C@@H]1C(=O)N(C)CCN1CCOc1cccc(-c2ccc3cc(-c4cn(C)c(=O)c5c4C=CC5)ccc3n2)c1. The van der Waals surface area contributed by atoms with Crippen LogP contribution in [0.3, 0.4) is 0 Å². The van der Waals surface area contributed by atoms with E-state index in [-0.39, 0.29) is 17.5 Å². The van der Waals surface area contributed by atoms with Crippen LogP contribution in [0.5, 0.6) is 5.75 Å². The minimum Gasteiger partial charge on any atom is -0.492 e. The molecular formula is C32H32N4O3. The molecule has 2 aromatic carbocycles. The summed E-state index contributed by atoms with van der Waals surface area (Å²) in [5.41, 5.74) is 6.86. The maximum absolute atomic E-state index is 12.5. The Labute approximate surface area is 228 Å². The molecule has 1 aliphatic heterocycles. The average Bonchev–Trinajstić information content (AvgIpc) is 3.45. The molecule has 1 atom stereocenters. The fraction of sp³-hybridized carbons (Fsp3) is 0.281. The number of benzene rings is 2. The van der Waals surface area contributed by atoms with Crippen molar-refractivity contribution in [2.75, 3.05) is 33.3 Å². The lowest BCUT2D eigenvalue weighted by atomic mass is 9.98. The first-order valence-electron chi connectivity index (χ1n) is 13.4. The summed E-state index contributed by atoms with van der Waals surface area (Å²) in [5.74, 6) is 0.947. The Morgan fingerprint density at radius 2 is 1.87 bits per heavy atom. The summed E-state index contributed by atoms with van der Waals surface area (Å²) >= 11 is 0. The molecule has 0 spiro atoms. The zero-order valence-corrected chi connectivity index (χ0v) is 22.6. The predicted molar refractivity (Wildman–Crippen MR) is 155 cm³/mol. The van der Waals surface area contributed by atoms with Crippen LogP contribution < -0.4 is 10.3 Å². The van der Waals surface area contributed by atoms with Crippen molar-refractivity contribution < 1.29 is 9.53 Å². The van der Waals surface area contributed by atoms with E-state index >= 15 is 0 Å². The van der Waals surface area contributed by atoms with Gasteiger partial charge in [-0.2, -0.15) is 0 Å². The molecule has 2 aliphatic rings. The molecule has 0 radical (unpaired) electrons. The van der Waals surface area contributed by atoms with Crippen LogP contribution in [0.25, 0.3) is 39.4 Å². The summed E-state index contributed by atoms with van der Waals surface area (Å²) in [5, 5.41) is 1.05. The molecule has 3 heterocycles. The normalized spacial score (nSPS) is 17.2. The molecule has 4 aromatic rings. The highest BCUT2D eigenvalue weighted by Gasteiger charge is 2.28. The first kappa shape index (κ1) is 25.1. The van der Waals surface area contributed by atoms with E-state index in [1.165, 1.54) is 0 Å². The van der Waals surface area contributed by atoms with Gasteiger partial charge in [0.15, 0.2) is 0 Å². The number of aromatic nitrogens is 2. The third-order valence-electron chi connectivity index (χ3n) is 7.90. The minimum atomic E-state index is -0.118. The molecule has 0 bridgehead atoms. The van der Waals surface area contributed by atoms with Gasteiger partial charge in [-0.3, -0.25) is 14.5 Å². The quantitative estimate of drug-likeness (QED) is 0.378. The molecule has 1 amide bonds. The van der Waals surface area contributed by atoms with Gasteiger partial charge in [-0.15, -0.1) is 0 Å². The predicted octanol–water partition coefficient (Wildman–Crippen LogP) is 4.38. The number of ether oxygens (including phenoxy) is 1. The van der Waals surface area contributed by atoms with Crippen LogP contribution >= 0.6 is 0 Å². The van der Waals surface area contributed by atoms with Gasteiger partial charge < -0.3 is 14.2 Å². The number of nitrogens with zero attached hydrogens (tertiary/aromatic N) is 4. The van der Waals surface area contributed by atoms with Gasteiger partial charge in [0.25, 0.3) is 5.56 Å². The highest BCUT2D eigenvalue weighted by molar-refractivity contribution is 5.89. The fourth-order valence-corrected chi connectivity index (χ4v) is 5.57. The van der Waals surface area contributed by atoms with E-state index in [1.54, 1.807) is 9.47 Å². The molecular weight excluding hydrogens is 488 g/mol. The third-order valence-corrected chi connectivity index (χ3v) is 7.90. The van der Waals surface area contributed by atoms with Crippen molar-refractivity contribution in [1.29, 1.82) is 0 Å². The summed E-state index contributed by atoms with van der Waals surface area (Å²) in [4.78, 5) is 33.6. The van der Waals surface area contributed by atoms with Crippen molar-refractivity contribution in [2.45, 2.75) is 19.4 Å². The number of hydrogen-bond acceptors (Lipinski definition) is 5. The maximum atomic E-state index is 12.5. The summed E-state index contributed by atoms with van der Waals surface area (Å²) in [6.07, 6.45) is 6.72. The standard InChI is InChI=1S/C32H32N4O3/c1-21-31(37)34(2)14-15-36(21)16-17-39-25-7-4-6-23(19-25)29-13-11-24-18-22(10-12-30(24)33-29)28-20-35(3)32(38)27-9-5-8-26(27)28/h4-8,10-13,18-21H,9,14-17H2,1-3H3/t21-/m1/s1. The van der Waals surface area contributed by atoms with Crippen molar-refractivity contribution in [2.24, 2.45) is 7.05 Å². The lowest BCUT2D eigenvalue weighted by molar-refractivity contribution is -0.139. The molecule has 0 N–H and O–H groups in total. The Balaban J connectivity index is 1.19. The van der Waals surface area contributed by atoms with Gasteiger partial charge in [0.05, 0.1) is 17.3 Å². The van der Waals surface area contributed by atoms with E-state index in [0.29, 0.717) is 19.6 Å². The second kappa shape index (κ2) is 10.2. The van der Waals surface area contributed by atoms with Gasteiger partial charge in [-0.25, -0.2) is 4.98 Å². The van der Waals surface area contributed by atoms with Crippen LogP contribution in [0.1, 0.15) is 18.1 Å². The Morgan fingerprint density at radius 1 is 1.00 bits per heavy atom.